The second-order valence-electron chi connectivity index (χ2n) is 4.80. The van der Waals surface area contributed by atoms with Crippen LogP contribution in [0.2, 0.25) is 0 Å². The maximum absolute atomic E-state index is 12.2. The summed E-state index contributed by atoms with van der Waals surface area (Å²) in [5.74, 6) is -0.00470. The highest BCUT2D eigenvalue weighted by atomic mass is 32.1. The molecule has 1 aromatic carbocycles. The van der Waals surface area contributed by atoms with Crippen molar-refractivity contribution in [3.63, 3.8) is 0 Å². The zero-order valence-electron chi connectivity index (χ0n) is 11.7. The summed E-state index contributed by atoms with van der Waals surface area (Å²) in [4.78, 5) is 12.8. The van der Waals surface area contributed by atoms with Crippen LogP contribution in [0.15, 0.2) is 43.0 Å². The van der Waals surface area contributed by atoms with E-state index in [9.17, 15) is 9.90 Å². The van der Waals surface area contributed by atoms with Gasteiger partial charge in [0.15, 0.2) is 9.74 Å². The number of fused-ring (bicyclic) bond motifs is 1. The topological polar surface area (TPSA) is 42.2 Å². The number of aromatic nitrogens is 1. The number of aromatic hydroxyl groups is 1. The molecule has 0 radical (unpaired) electrons. The molecule has 1 aliphatic carbocycles. The van der Waals surface area contributed by atoms with E-state index in [0.717, 1.165) is 11.1 Å². The van der Waals surface area contributed by atoms with E-state index < -0.39 is 0 Å². The van der Waals surface area contributed by atoms with E-state index in [2.05, 4.69) is 6.58 Å². The molecule has 0 amide bonds. The average Bonchev–Trinajstić information content (AvgIpc) is 2.78. The van der Waals surface area contributed by atoms with Gasteiger partial charge in [0, 0.05) is 12.1 Å². The third-order valence-electron chi connectivity index (χ3n) is 3.41. The summed E-state index contributed by atoms with van der Waals surface area (Å²) in [5, 5.41) is 10.3. The smallest absolute Gasteiger partial charge is 0.210 e. The number of hydrogen-bond donors (Lipinski definition) is 1. The van der Waals surface area contributed by atoms with E-state index >= 15 is 0 Å². The minimum atomic E-state index is -0.0762. The largest absolute Gasteiger partial charge is 0.493 e. The Hall–Kier alpha value is -2.24. The van der Waals surface area contributed by atoms with Crippen molar-refractivity contribution in [3.8, 4) is 5.88 Å². The van der Waals surface area contributed by atoms with Crippen molar-refractivity contribution < 1.29 is 9.90 Å². The first-order chi connectivity index (χ1) is 10.6. The Morgan fingerprint density at radius 1 is 1.32 bits per heavy atom. The van der Waals surface area contributed by atoms with Gasteiger partial charge in [0.1, 0.15) is 0 Å². The Bertz CT molecular complexity index is 884. The van der Waals surface area contributed by atoms with E-state index in [1.54, 1.807) is 28.9 Å². The number of allylic oxidation sites excluding steroid dienone is 3. The summed E-state index contributed by atoms with van der Waals surface area (Å²) in [5.41, 5.74) is 2.42. The highest BCUT2D eigenvalue weighted by Crippen LogP contribution is 2.33. The highest BCUT2D eigenvalue weighted by molar-refractivity contribution is 7.73. The van der Waals surface area contributed by atoms with Crippen molar-refractivity contribution in [2.24, 2.45) is 0 Å². The Kier molecular flexibility index (Phi) is 3.92. The Morgan fingerprint density at radius 2 is 2.09 bits per heavy atom. The lowest BCUT2D eigenvalue weighted by atomic mass is 9.91. The van der Waals surface area contributed by atoms with Crippen molar-refractivity contribution in [2.75, 3.05) is 0 Å². The first-order valence-electron chi connectivity index (χ1n) is 6.69. The predicted molar refractivity (Wildman–Crippen MR) is 93.4 cm³/mol. The molecule has 3 rings (SSSR count). The lowest BCUT2D eigenvalue weighted by Gasteiger charge is -2.12. The standard InChI is InChI=1S/C17H13NO2S2/c1-2-9-18-16(20)15(22-17(18)21)10-13-12-6-4-3-5-11(12)7-8-14(13)19/h2-8,10,20H,1,9H2/b13-10-. The number of ketones is 1. The van der Waals surface area contributed by atoms with Crippen molar-refractivity contribution in [1.29, 1.82) is 0 Å². The number of hydrogen-bond acceptors (Lipinski definition) is 4. The molecular formula is C17H13NO2S2. The zero-order valence-corrected chi connectivity index (χ0v) is 13.3. The molecule has 1 aromatic heterocycles. The van der Waals surface area contributed by atoms with Crippen LogP contribution < -0.4 is 0 Å². The molecule has 1 heterocycles. The van der Waals surface area contributed by atoms with Crippen LogP contribution in [0.4, 0.5) is 0 Å². The Labute approximate surface area is 137 Å². The number of nitrogens with zero attached hydrogens (tertiary/aromatic N) is 1. The molecule has 2 aromatic rings. The SMILES string of the molecule is C=CCn1c(O)c(/C=C2\C(=O)C=Cc3ccccc32)sc1=S. The molecule has 110 valence electrons. The van der Waals surface area contributed by atoms with Gasteiger partial charge >= 0.3 is 0 Å². The van der Waals surface area contributed by atoms with Gasteiger partial charge in [-0.05, 0) is 35.5 Å². The van der Waals surface area contributed by atoms with Crippen LogP contribution in [0.5, 0.6) is 5.88 Å². The van der Waals surface area contributed by atoms with E-state index in [0.29, 0.717) is 20.9 Å². The maximum Gasteiger partial charge on any atom is 0.210 e. The van der Waals surface area contributed by atoms with Crippen molar-refractivity contribution in [2.45, 2.75) is 6.54 Å². The van der Waals surface area contributed by atoms with Crippen molar-refractivity contribution >= 4 is 47.1 Å². The van der Waals surface area contributed by atoms with E-state index in [4.69, 9.17) is 12.2 Å². The second kappa shape index (κ2) is 5.87. The first kappa shape index (κ1) is 14.7. The van der Waals surface area contributed by atoms with E-state index in [1.807, 2.05) is 24.3 Å². The van der Waals surface area contributed by atoms with Gasteiger partial charge in [0.25, 0.3) is 0 Å². The van der Waals surface area contributed by atoms with Crippen molar-refractivity contribution in [1.82, 2.24) is 4.57 Å². The number of carbonyl (C=O) groups is 1. The second-order valence-corrected chi connectivity index (χ2v) is 6.47. The van der Waals surface area contributed by atoms with Gasteiger partial charge in [-0.25, -0.2) is 0 Å². The van der Waals surface area contributed by atoms with Crippen LogP contribution in [0.25, 0.3) is 17.7 Å². The quantitative estimate of drug-likeness (QED) is 0.519. The van der Waals surface area contributed by atoms with Crippen LogP contribution in [0.1, 0.15) is 16.0 Å². The molecule has 0 saturated heterocycles. The van der Waals surface area contributed by atoms with Crippen LogP contribution in [0, 0.1) is 3.95 Å². The summed E-state index contributed by atoms with van der Waals surface area (Å²) in [6.07, 6.45) is 6.73. The molecule has 0 fully saturated rings. The van der Waals surface area contributed by atoms with E-state index in [1.165, 1.54) is 11.3 Å². The number of carbonyl (C=O) groups excluding carboxylic acids is 1. The Morgan fingerprint density at radius 3 is 2.86 bits per heavy atom. The van der Waals surface area contributed by atoms with Crippen molar-refractivity contribution in [3.05, 3.63) is 63.0 Å². The molecule has 0 bridgehead atoms. The summed E-state index contributed by atoms with van der Waals surface area (Å²) in [7, 11) is 0. The number of rotatable bonds is 3. The normalized spacial score (nSPS) is 15.1. The van der Waals surface area contributed by atoms with Gasteiger partial charge < -0.3 is 5.11 Å². The van der Waals surface area contributed by atoms with Crippen LogP contribution >= 0.6 is 23.6 Å². The molecule has 5 heteroatoms. The fourth-order valence-corrected chi connectivity index (χ4v) is 3.62. The third kappa shape index (κ3) is 2.49. The fourth-order valence-electron chi connectivity index (χ4n) is 2.35. The Balaban J connectivity index is 2.15. The molecular weight excluding hydrogens is 314 g/mol. The lowest BCUT2D eigenvalue weighted by molar-refractivity contribution is -0.109. The third-order valence-corrected chi connectivity index (χ3v) is 4.80. The predicted octanol–water partition coefficient (Wildman–Crippen LogP) is 4.31. The molecule has 0 aliphatic heterocycles. The summed E-state index contributed by atoms with van der Waals surface area (Å²) in [6.45, 7) is 4.09. The summed E-state index contributed by atoms with van der Waals surface area (Å²) in [6, 6.07) is 7.68. The molecule has 0 unspecified atom stereocenters. The summed E-state index contributed by atoms with van der Waals surface area (Å²) < 4.78 is 2.14. The molecule has 3 nitrogen and oxygen atoms in total. The first-order valence-corrected chi connectivity index (χ1v) is 7.91. The minimum absolute atomic E-state index is 0.0715. The van der Waals surface area contributed by atoms with Crippen LogP contribution in [-0.4, -0.2) is 15.5 Å². The van der Waals surface area contributed by atoms with Gasteiger partial charge in [-0.15, -0.1) is 17.9 Å². The molecule has 1 N–H and O–H groups in total. The molecule has 1 aliphatic rings. The lowest BCUT2D eigenvalue weighted by Crippen LogP contribution is -2.04. The molecule has 0 saturated carbocycles. The van der Waals surface area contributed by atoms with Gasteiger partial charge in [0.05, 0.1) is 4.88 Å². The van der Waals surface area contributed by atoms with Gasteiger partial charge in [0.2, 0.25) is 5.88 Å². The highest BCUT2D eigenvalue weighted by Gasteiger charge is 2.18. The van der Waals surface area contributed by atoms with Crippen LogP contribution in [0.3, 0.4) is 0 Å². The average molecular weight is 327 g/mol. The molecule has 0 atom stereocenters. The number of thiazole rings is 1. The molecule has 0 spiro atoms. The fraction of sp³-hybridized carbons (Fsp3) is 0.0588. The van der Waals surface area contributed by atoms with E-state index in [-0.39, 0.29) is 11.7 Å². The van der Waals surface area contributed by atoms with Gasteiger partial charge in [-0.1, -0.05) is 36.4 Å². The van der Waals surface area contributed by atoms with Gasteiger partial charge in [-0.3, -0.25) is 9.36 Å². The molecule has 22 heavy (non-hydrogen) atoms. The van der Waals surface area contributed by atoms with Gasteiger partial charge in [-0.2, -0.15) is 0 Å². The minimum Gasteiger partial charge on any atom is -0.493 e. The monoisotopic (exact) mass is 327 g/mol. The van der Waals surface area contributed by atoms with Crippen LogP contribution in [-0.2, 0) is 11.3 Å². The zero-order chi connectivity index (χ0) is 15.7. The number of benzene rings is 1. The summed E-state index contributed by atoms with van der Waals surface area (Å²) >= 11 is 6.52. The maximum atomic E-state index is 12.2.